The number of aromatic nitrogens is 4. The van der Waals surface area contributed by atoms with Gasteiger partial charge in [0.05, 0.1) is 38.9 Å². The third kappa shape index (κ3) is 3.77. The van der Waals surface area contributed by atoms with Gasteiger partial charge in [-0.1, -0.05) is 29.4 Å². The molecule has 0 saturated heterocycles. The predicted octanol–water partition coefficient (Wildman–Crippen LogP) is 4.28. The molecule has 2 aromatic heterocycles. The molecule has 4 aromatic rings. The topological polar surface area (TPSA) is 84.4 Å². The van der Waals surface area contributed by atoms with Gasteiger partial charge in [0, 0.05) is 5.56 Å². The molecule has 1 atom stereocenters. The standard InChI is InChI=1S/C23H22N4O4/c1-3-29-18-6-4-5-16(11-18)22-25-23(31-26-22)21-19-13-30-20(12-27(19)14-24-21)15-7-9-17(28-2)10-8-15/h4-11,14,20H,3,12-13H2,1-2H3. The van der Waals surface area contributed by atoms with Crippen LogP contribution in [-0.4, -0.2) is 33.4 Å². The van der Waals surface area contributed by atoms with Crippen molar-refractivity contribution in [3.63, 3.8) is 0 Å². The number of nitrogens with zero attached hydrogens (tertiary/aromatic N) is 4. The number of rotatable bonds is 6. The van der Waals surface area contributed by atoms with Crippen molar-refractivity contribution in [2.45, 2.75) is 26.2 Å². The number of ether oxygens (including phenoxy) is 3. The van der Waals surface area contributed by atoms with Crippen LogP contribution in [0.25, 0.3) is 23.0 Å². The summed E-state index contributed by atoms with van der Waals surface area (Å²) in [6.45, 7) is 3.61. The van der Waals surface area contributed by atoms with E-state index in [0.29, 0.717) is 37.2 Å². The van der Waals surface area contributed by atoms with Gasteiger partial charge in [-0.3, -0.25) is 0 Å². The first-order valence-corrected chi connectivity index (χ1v) is 10.1. The lowest BCUT2D eigenvalue weighted by Gasteiger charge is -2.25. The highest BCUT2D eigenvalue weighted by molar-refractivity contribution is 5.60. The Hall–Kier alpha value is -3.65. The Balaban J connectivity index is 1.37. The summed E-state index contributed by atoms with van der Waals surface area (Å²) < 4.78 is 24.5. The average Bonchev–Trinajstić information content (AvgIpc) is 3.46. The summed E-state index contributed by atoms with van der Waals surface area (Å²) in [5.41, 5.74) is 3.48. The minimum atomic E-state index is -0.0555. The highest BCUT2D eigenvalue weighted by Crippen LogP contribution is 2.32. The third-order valence-corrected chi connectivity index (χ3v) is 5.25. The third-order valence-electron chi connectivity index (χ3n) is 5.25. The zero-order valence-corrected chi connectivity index (χ0v) is 17.3. The summed E-state index contributed by atoms with van der Waals surface area (Å²) >= 11 is 0. The molecule has 0 N–H and O–H groups in total. The fourth-order valence-corrected chi connectivity index (χ4v) is 3.65. The summed E-state index contributed by atoms with van der Waals surface area (Å²) in [4.78, 5) is 9.07. The van der Waals surface area contributed by atoms with Gasteiger partial charge in [-0.25, -0.2) is 4.98 Å². The van der Waals surface area contributed by atoms with Crippen molar-refractivity contribution in [1.82, 2.24) is 19.7 Å². The van der Waals surface area contributed by atoms with Gasteiger partial charge in [0.15, 0.2) is 5.69 Å². The Morgan fingerprint density at radius 3 is 2.81 bits per heavy atom. The lowest BCUT2D eigenvalue weighted by atomic mass is 10.1. The minimum absolute atomic E-state index is 0.0555. The Kier molecular flexibility index (Phi) is 5.13. The fourth-order valence-electron chi connectivity index (χ4n) is 3.65. The zero-order chi connectivity index (χ0) is 21.2. The summed E-state index contributed by atoms with van der Waals surface area (Å²) in [5, 5.41) is 4.13. The predicted molar refractivity (Wildman–Crippen MR) is 113 cm³/mol. The van der Waals surface area contributed by atoms with Crippen LogP contribution in [0.3, 0.4) is 0 Å². The van der Waals surface area contributed by atoms with E-state index >= 15 is 0 Å². The molecule has 1 unspecified atom stereocenters. The van der Waals surface area contributed by atoms with Gasteiger partial charge in [-0.15, -0.1) is 0 Å². The van der Waals surface area contributed by atoms with Crippen LogP contribution in [0.15, 0.2) is 59.4 Å². The van der Waals surface area contributed by atoms with E-state index in [9.17, 15) is 0 Å². The molecule has 1 aliphatic heterocycles. The number of benzene rings is 2. The highest BCUT2D eigenvalue weighted by Gasteiger charge is 2.26. The molecule has 0 saturated carbocycles. The molecule has 0 radical (unpaired) electrons. The number of methoxy groups -OCH3 is 1. The molecule has 0 amide bonds. The molecule has 8 heteroatoms. The maximum absolute atomic E-state index is 6.11. The maximum atomic E-state index is 6.11. The van der Waals surface area contributed by atoms with E-state index in [1.165, 1.54) is 0 Å². The van der Waals surface area contributed by atoms with E-state index < -0.39 is 0 Å². The molecule has 158 valence electrons. The molecule has 8 nitrogen and oxygen atoms in total. The molecule has 3 heterocycles. The van der Waals surface area contributed by atoms with E-state index in [-0.39, 0.29) is 6.10 Å². The van der Waals surface area contributed by atoms with E-state index in [4.69, 9.17) is 18.7 Å². The van der Waals surface area contributed by atoms with Gasteiger partial charge in [0.25, 0.3) is 5.89 Å². The van der Waals surface area contributed by atoms with Crippen LogP contribution in [0, 0.1) is 0 Å². The van der Waals surface area contributed by atoms with Crippen molar-refractivity contribution in [2.24, 2.45) is 0 Å². The average molecular weight is 418 g/mol. The van der Waals surface area contributed by atoms with Crippen molar-refractivity contribution < 1.29 is 18.7 Å². The quantitative estimate of drug-likeness (QED) is 0.462. The second kappa shape index (κ2) is 8.23. The Labute approximate surface area is 179 Å². The lowest BCUT2D eigenvalue weighted by molar-refractivity contribution is 0.00328. The van der Waals surface area contributed by atoms with E-state index in [1.807, 2.05) is 55.5 Å². The number of hydrogen-bond acceptors (Lipinski definition) is 7. The van der Waals surface area contributed by atoms with Crippen LogP contribution in [0.2, 0.25) is 0 Å². The number of hydrogen-bond donors (Lipinski definition) is 0. The largest absolute Gasteiger partial charge is 0.497 e. The molecule has 0 spiro atoms. The second-order valence-corrected chi connectivity index (χ2v) is 7.15. The van der Waals surface area contributed by atoms with E-state index in [0.717, 1.165) is 28.3 Å². The smallest absolute Gasteiger partial charge is 0.278 e. The highest BCUT2D eigenvalue weighted by atomic mass is 16.5. The monoisotopic (exact) mass is 418 g/mol. The molecule has 1 aliphatic rings. The molecule has 2 aromatic carbocycles. The molecule has 5 rings (SSSR count). The van der Waals surface area contributed by atoms with Gasteiger partial charge in [-0.05, 0) is 36.8 Å². The Bertz CT molecular complexity index is 1180. The Morgan fingerprint density at radius 2 is 2.00 bits per heavy atom. The molecule has 0 bridgehead atoms. The van der Waals surface area contributed by atoms with Crippen LogP contribution in [0.4, 0.5) is 0 Å². The second-order valence-electron chi connectivity index (χ2n) is 7.15. The first-order valence-electron chi connectivity index (χ1n) is 10.1. The van der Waals surface area contributed by atoms with E-state index in [1.54, 1.807) is 13.4 Å². The molecule has 0 fully saturated rings. The molecule has 0 aliphatic carbocycles. The van der Waals surface area contributed by atoms with Crippen molar-refractivity contribution in [3.05, 3.63) is 66.1 Å². The lowest BCUT2D eigenvalue weighted by Crippen LogP contribution is -2.20. The van der Waals surface area contributed by atoms with Crippen molar-refractivity contribution >= 4 is 0 Å². The molecular weight excluding hydrogens is 396 g/mol. The van der Waals surface area contributed by atoms with Crippen LogP contribution in [-0.2, 0) is 17.9 Å². The first-order chi connectivity index (χ1) is 15.2. The van der Waals surface area contributed by atoms with Crippen LogP contribution in [0.1, 0.15) is 24.3 Å². The zero-order valence-electron chi connectivity index (χ0n) is 17.3. The Morgan fingerprint density at radius 1 is 1.13 bits per heavy atom. The number of fused-ring (bicyclic) bond motifs is 1. The van der Waals surface area contributed by atoms with Gasteiger partial charge < -0.3 is 23.3 Å². The van der Waals surface area contributed by atoms with Gasteiger partial charge >= 0.3 is 0 Å². The summed E-state index contributed by atoms with van der Waals surface area (Å²) in [7, 11) is 1.66. The van der Waals surface area contributed by atoms with Crippen LogP contribution < -0.4 is 9.47 Å². The van der Waals surface area contributed by atoms with Crippen LogP contribution >= 0.6 is 0 Å². The fraction of sp³-hybridized carbons (Fsp3) is 0.261. The van der Waals surface area contributed by atoms with Gasteiger partial charge in [-0.2, -0.15) is 4.98 Å². The van der Waals surface area contributed by atoms with Crippen molar-refractivity contribution in [3.8, 4) is 34.5 Å². The van der Waals surface area contributed by atoms with Crippen molar-refractivity contribution in [2.75, 3.05) is 13.7 Å². The first kappa shape index (κ1) is 19.3. The number of imidazole rings is 1. The SMILES string of the molecule is CCOc1cccc(-c2noc(-c3ncn4c3COC(c3ccc(OC)cc3)C4)n2)c1. The summed E-state index contributed by atoms with van der Waals surface area (Å²) in [6.07, 6.45) is 1.74. The van der Waals surface area contributed by atoms with E-state index in [2.05, 4.69) is 19.7 Å². The maximum Gasteiger partial charge on any atom is 0.278 e. The summed E-state index contributed by atoms with van der Waals surface area (Å²) in [5.74, 6) is 2.45. The summed E-state index contributed by atoms with van der Waals surface area (Å²) in [6, 6.07) is 15.5. The normalized spacial score (nSPS) is 15.5. The van der Waals surface area contributed by atoms with Gasteiger partial charge in [0.1, 0.15) is 17.6 Å². The van der Waals surface area contributed by atoms with Crippen molar-refractivity contribution in [1.29, 1.82) is 0 Å². The minimum Gasteiger partial charge on any atom is -0.497 e. The van der Waals surface area contributed by atoms with Crippen LogP contribution in [0.5, 0.6) is 11.5 Å². The molecule has 31 heavy (non-hydrogen) atoms. The molecular formula is C23H22N4O4. The van der Waals surface area contributed by atoms with Gasteiger partial charge in [0.2, 0.25) is 5.82 Å².